The van der Waals surface area contributed by atoms with Crippen molar-refractivity contribution in [1.29, 1.82) is 0 Å². The molecule has 0 aliphatic carbocycles. The second-order valence-corrected chi connectivity index (χ2v) is 6.17. The van der Waals surface area contributed by atoms with E-state index in [2.05, 4.69) is 18.9 Å². The fourth-order valence-corrected chi connectivity index (χ4v) is 2.84. The Morgan fingerprint density at radius 3 is 2.53 bits per heavy atom. The van der Waals surface area contributed by atoms with Gasteiger partial charge in [0.25, 0.3) is 0 Å². The van der Waals surface area contributed by atoms with Crippen LogP contribution < -0.4 is 5.73 Å². The molecule has 0 bridgehead atoms. The molecule has 0 aromatic carbocycles. The topological polar surface area (TPSA) is 49.6 Å². The molecule has 110 valence electrons. The largest absolute Gasteiger partial charge is 0.392 e. The molecule has 2 atom stereocenters. The van der Waals surface area contributed by atoms with E-state index in [0.29, 0.717) is 11.4 Å². The average Bonchev–Trinajstić information content (AvgIpc) is 2.57. The molecule has 1 rings (SSSR count). The number of rotatable bonds is 4. The highest BCUT2D eigenvalue weighted by Crippen LogP contribution is 2.27. The van der Waals surface area contributed by atoms with Crippen molar-refractivity contribution >= 4 is 23.1 Å². The number of likely N-dealkylation sites (N-methyl/N-ethyl adjacent to an activating group) is 1. The Hall–Kier alpha value is -0.680. The first-order valence-corrected chi connectivity index (χ1v) is 7.57. The lowest BCUT2D eigenvalue weighted by Gasteiger charge is -2.37. The van der Waals surface area contributed by atoms with Gasteiger partial charge in [0.1, 0.15) is 0 Å². The standard InChI is InChI=1S/C14H27N3OS/c1-5-11-10-16(4)8-7-9-17(11)13(18)14(3,6-2)12(15)19/h11H,5-10H2,1-4H3,(H2,15,19). The molecule has 2 unspecified atom stereocenters. The van der Waals surface area contributed by atoms with E-state index >= 15 is 0 Å². The molecule has 0 radical (unpaired) electrons. The van der Waals surface area contributed by atoms with Crippen LogP contribution in [-0.4, -0.2) is 53.4 Å². The van der Waals surface area contributed by atoms with Gasteiger partial charge in [0.15, 0.2) is 0 Å². The number of nitrogens with two attached hydrogens (primary N) is 1. The summed E-state index contributed by atoms with van der Waals surface area (Å²) in [5, 5.41) is 0. The van der Waals surface area contributed by atoms with Gasteiger partial charge in [-0.1, -0.05) is 26.1 Å². The molecule has 1 aliphatic rings. The predicted octanol–water partition coefficient (Wildman–Crippen LogP) is 1.63. The number of nitrogens with zero attached hydrogens (tertiary/aromatic N) is 2. The normalized spacial score (nSPS) is 24.6. The van der Waals surface area contributed by atoms with Gasteiger partial charge in [-0.3, -0.25) is 4.79 Å². The van der Waals surface area contributed by atoms with Gasteiger partial charge >= 0.3 is 0 Å². The van der Waals surface area contributed by atoms with Crippen molar-refractivity contribution in [1.82, 2.24) is 9.80 Å². The van der Waals surface area contributed by atoms with Crippen molar-refractivity contribution in [3.63, 3.8) is 0 Å². The lowest BCUT2D eigenvalue weighted by atomic mass is 9.85. The highest BCUT2D eigenvalue weighted by atomic mass is 32.1. The van der Waals surface area contributed by atoms with Crippen LogP contribution in [-0.2, 0) is 4.79 Å². The van der Waals surface area contributed by atoms with Crippen LogP contribution in [0.2, 0.25) is 0 Å². The first-order chi connectivity index (χ1) is 8.86. The molecule has 2 N–H and O–H groups in total. The van der Waals surface area contributed by atoms with Crippen LogP contribution in [0.5, 0.6) is 0 Å². The van der Waals surface area contributed by atoms with Crippen LogP contribution in [0.15, 0.2) is 0 Å². The van der Waals surface area contributed by atoms with Crippen molar-refractivity contribution in [3.8, 4) is 0 Å². The Labute approximate surface area is 122 Å². The van der Waals surface area contributed by atoms with Crippen LogP contribution >= 0.6 is 12.2 Å². The molecule has 1 saturated heterocycles. The van der Waals surface area contributed by atoms with Gasteiger partial charge in [0, 0.05) is 19.1 Å². The molecular formula is C14H27N3OS. The molecule has 5 heteroatoms. The summed E-state index contributed by atoms with van der Waals surface area (Å²) in [6.07, 6.45) is 2.63. The zero-order valence-electron chi connectivity index (χ0n) is 12.6. The maximum absolute atomic E-state index is 12.9. The number of hydrogen-bond acceptors (Lipinski definition) is 3. The molecule has 0 aromatic rings. The smallest absolute Gasteiger partial charge is 0.235 e. The second kappa shape index (κ2) is 6.66. The molecule has 1 heterocycles. The third-order valence-electron chi connectivity index (χ3n) is 4.36. The molecular weight excluding hydrogens is 258 g/mol. The summed E-state index contributed by atoms with van der Waals surface area (Å²) in [4.78, 5) is 17.5. The zero-order chi connectivity index (χ0) is 14.6. The van der Waals surface area contributed by atoms with Crippen molar-refractivity contribution in [3.05, 3.63) is 0 Å². The van der Waals surface area contributed by atoms with E-state index in [0.717, 1.165) is 32.5 Å². The summed E-state index contributed by atoms with van der Waals surface area (Å²) < 4.78 is 0. The number of thiocarbonyl (C=S) groups is 1. The van der Waals surface area contributed by atoms with Crippen LogP contribution in [0.4, 0.5) is 0 Å². The van der Waals surface area contributed by atoms with E-state index in [9.17, 15) is 4.79 Å². The highest BCUT2D eigenvalue weighted by molar-refractivity contribution is 7.80. The Kier molecular flexibility index (Phi) is 5.74. The van der Waals surface area contributed by atoms with Crippen LogP contribution in [0.25, 0.3) is 0 Å². The third kappa shape index (κ3) is 3.45. The van der Waals surface area contributed by atoms with E-state index in [1.807, 2.05) is 18.7 Å². The fourth-order valence-electron chi connectivity index (χ4n) is 2.61. The quantitative estimate of drug-likeness (QED) is 0.798. The van der Waals surface area contributed by atoms with Gasteiger partial charge < -0.3 is 15.5 Å². The first-order valence-electron chi connectivity index (χ1n) is 7.16. The van der Waals surface area contributed by atoms with E-state index < -0.39 is 5.41 Å². The minimum atomic E-state index is -0.703. The third-order valence-corrected chi connectivity index (χ3v) is 4.81. The van der Waals surface area contributed by atoms with Gasteiger partial charge in [0.2, 0.25) is 5.91 Å². The van der Waals surface area contributed by atoms with Crippen molar-refractivity contribution in [2.75, 3.05) is 26.7 Å². The maximum Gasteiger partial charge on any atom is 0.235 e. The van der Waals surface area contributed by atoms with Crippen LogP contribution in [0.1, 0.15) is 40.0 Å². The Morgan fingerprint density at radius 2 is 2.05 bits per heavy atom. The second-order valence-electron chi connectivity index (χ2n) is 5.73. The lowest BCUT2D eigenvalue weighted by molar-refractivity contribution is -0.140. The summed E-state index contributed by atoms with van der Waals surface area (Å²) in [5.41, 5.74) is 5.11. The molecule has 1 aliphatic heterocycles. The first kappa shape index (κ1) is 16.4. The molecule has 0 saturated carbocycles. The number of hydrogen-bond donors (Lipinski definition) is 1. The molecule has 4 nitrogen and oxygen atoms in total. The van der Waals surface area contributed by atoms with E-state index in [-0.39, 0.29) is 11.9 Å². The number of amides is 1. The zero-order valence-corrected chi connectivity index (χ0v) is 13.4. The number of carbonyl (C=O) groups excluding carboxylic acids is 1. The summed E-state index contributed by atoms with van der Waals surface area (Å²) in [5.74, 6) is 0.102. The summed E-state index contributed by atoms with van der Waals surface area (Å²) in [6.45, 7) is 8.75. The Bertz CT molecular complexity index is 348. The van der Waals surface area contributed by atoms with Gasteiger partial charge in [-0.25, -0.2) is 0 Å². The lowest BCUT2D eigenvalue weighted by Crippen LogP contribution is -2.53. The fraction of sp³-hybridized carbons (Fsp3) is 0.857. The van der Waals surface area contributed by atoms with Crippen LogP contribution in [0.3, 0.4) is 0 Å². The van der Waals surface area contributed by atoms with Gasteiger partial charge in [0.05, 0.1) is 10.4 Å². The number of carbonyl (C=O) groups is 1. The maximum atomic E-state index is 12.9. The molecule has 0 aromatic heterocycles. The van der Waals surface area contributed by atoms with Crippen LogP contribution in [0, 0.1) is 5.41 Å². The summed E-state index contributed by atoms with van der Waals surface area (Å²) in [7, 11) is 2.11. The van der Waals surface area contributed by atoms with Crippen molar-refractivity contribution in [2.45, 2.75) is 46.1 Å². The van der Waals surface area contributed by atoms with E-state index in [4.69, 9.17) is 18.0 Å². The molecule has 19 heavy (non-hydrogen) atoms. The SMILES string of the molecule is CCC1CN(C)CCCN1C(=O)C(C)(CC)C(N)=S. The molecule has 0 spiro atoms. The predicted molar refractivity (Wildman–Crippen MR) is 83.1 cm³/mol. The molecule has 1 amide bonds. The van der Waals surface area contributed by atoms with Gasteiger partial charge in [-0.15, -0.1) is 0 Å². The monoisotopic (exact) mass is 285 g/mol. The summed E-state index contributed by atoms with van der Waals surface area (Å²) >= 11 is 5.13. The van der Waals surface area contributed by atoms with Crippen molar-refractivity contribution < 1.29 is 4.79 Å². The average molecular weight is 285 g/mol. The highest BCUT2D eigenvalue weighted by Gasteiger charge is 2.40. The van der Waals surface area contributed by atoms with Gasteiger partial charge in [-0.05, 0) is 39.8 Å². The van der Waals surface area contributed by atoms with Gasteiger partial charge in [-0.2, -0.15) is 0 Å². The van der Waals surface area contributed by atoms with Crippen molar-refractivity contribution in [2.24, 2.45) is 11.1 Å². The molecule has 1 fully saturated rings. The minimum Gasteiger partial charge on any atom is -0.392 e. The minimum absolute atomic E-state index is 0.102. The Morgan fingerprint density at radius 1 is 1.42 bits per heavy atom. The Balaban J connectivity index is 2.97. The van der Waals surface area contributed by atoms with E-state index in [1.165, 1.54) is 0 Å². The summed E-state index contributed by atoms with van der Waals surface area (Å²) in [6, 6.07) is 0.264. The van der Waals surface area contributed by atoms with E-state index in [1.54, 1.807) is 0 Å².